The number of hydrogen-bond donors (Lipinski definition) is 2. The predicted molar refractivity (Wildman–Crippen MR) is 126 cm³/mol. The van der Waals surface area contributed by atoms with Crippen molar-refractivity contribution in [2.24, 2.45) is 5.92 Å². The van der Waals surface area contributed by atoms with Gasteiger partial charge in [0.05, 0.1) is 32.0 Å². The van der Waals surface area contributed by atoms with Gasteiger partial charge in [-0.3, -0.25) is 14.4 Å². The van der Waals surface area contributed by atoms with Gasteiger partial charge in [0, 0.05) is 31.8 Å². The molecule has 3 aliphatic rings. The van der Waals surface area contributed by atoms with Crippen molar-refractivity contribution in [3.63, 3.8) is 0 Å². The average molecular weight is 510 g/mol. The summed E-state index contributed by atoms with van der Waals surface area (Å²) in [6, 6.07) is 6.07. The van der Waals surface area contributed by atoms with E-state index < -0.39 is 29.6 Å². The Balaban J connectivity index is 1.21. The number of nitriles is 1. The first kappa shape index (κ1) is 24.8. The standard InChI is InChI=1S/C25H28FN7O4/c1-25(26)7-19(8-27)33(14-25)24(37)21-5-17(23(36)28-21)6-22(35)31-9-15-3-2-4-16(20(15)12-31)10-32-11-18(13-34)29-30-32/h2-4,11,17,19,21,34H,5-7,9-10,12-14H2,1H3,(H,28,36)/t17-,19-,21?,25?/m0/s1. The second-order valence-corrected chi connectivity index (χ2v) is 10.3. The molecule has 11 nitrogen and oxygen atoms in total. The van der Waals surface area contributed by atoms with E-state index in [1.165, 1.54) is 11.8 Å². The highest BCUT2D eigenvalue weighted by molar-refractivity contribution is 5.94. The fourth-order valence-corrected chi connectivity index (χ4v) is 5.49. The zero-order valence-corrected chi connectivity index (χ0v) is 20.4. The van der Waals surface area contributed by atoms with Crippen molar-refractivity contribution >= 4 is 17.7 Å². The minimum absolute atomic E-state index is 0.0373. The van der Waals surface area contributed by atoms with Crippen molar-refractivity contribution in [1.29, 1.82) is 5.26 Å². The molecule has 0 bridgehead atoms. The molecule has 0 radical (unpaired) electrons. The predicted octanol–water partition coefficient (Wildman–Crippen LogP) is 0.408. The zero-order chi connectivity index (χ0) is 26.3. The van der Waals surface area contributed by atoms with Gasteiger partial charge in [-0.1, -0.05) is 23.4 Å². The number of aliphatic hydroxyl groups is 1. The molecule has 3 aliphatic heterocycles. The third-order valence-electron chi connectivity index (χ3n) is 7.37. The Morgan fingerprint density at radius 3 is 2.89 bits per heavy atom. The fraction of sp³-hybridized carbons (Fsp3) is 0.520. The molecule has 2 saturated heterocycles. The van der Waals surface area contributed by atoms with Crippen LogP contribution in [0.4, 0.5) is 4.39 Å². The van der Waals surface area contributed by atoms with E-state index in [0.29, 0.717) is 25.3 Å². The Bertz CT molecular complexity index is 1290. The third kappa shape index (κ3) is 4.91. The van der Waals surface area contributed by atoms with Crippen LogP contribution in [-0.4, -0.2) is 71.9 Å². The zero-order valence-electron chi connectivity index (χ0n) is 20.4. The molecule has 3 amide bonds. The van der Waals surface area contributed by atoms with Crippen LogP contribution in [0.2, 0.25) is 0 Å². The molecule has 5 rings (SSSR count). The van der Waals surface area contributed by atoms with E-state index in [2.05, 4.69) is 15.6 Å². The van der Waals surface area contributed by atoms with Crippen LogP contribution < -0.4 is 5.32 Å². The van der Waals surface area contributed by atoms with Crippen molar-refractivity contribution in [1.82, 2.24) is 30.1 Å². The highest BCUT2D eigenvalue weighted by Gasteiger charge is 2.47. The molecule has 4 atom stereocenters. The van der Waals surface area contributed by atoms with Gasteiger partial charge in [0.2, 0.25) is 17.7 Å². The van der Waals surface area contributed by atoms with Crippen LogP contribution in [0.5, 0.6) is 0 Å². The lowest BCUT2D eigenvalue weighted by molar-refractivity contribution is -0.135. The summed E-state index contributed by atoms with van der Waals surface area (Å²) in [5.41, 5.74) is 1.86. The number of benzene rings is 1. The molecule has 1 aromatic carbocycles. The summed E-state index contributed by atoms with van der Waals surface area (Å²) >= 11 is 0. The van der Waals surface area contributed by atoms with Gasteiger partial charge in [0.1, 0.15) is 23.4 Å². The number of nitrogens with one attached hydrogen (secondary N) is 1. The number of hydrogen-bond acceptors (Lipinski definition) is 7. The summed E-state index contributed by atoms with van der Waals surface area (Å²) in [5, 5.41) is 29.1. The Kier molecular flexibility index (Phi) is 6.41. The summed E-state index contributed by atoms with van der Waals surface area (Å²) in [6.45, 7) is 2.25. The first-order chi connectivity index (χ1) is 17.7. The number of rotatable bonds is 6. The minimum atomic E-state index is -1.65. The summed E-state index contributed by atoms with van der Waals surface area (Å²) in [5.74, 6) is -1.72. The topological polar surface area (TPSA) is 144 Å². The average Bonchev–Trinajstić information content (AvgIpc) is 3.64. The molecular weight excluding hydrogens is 481 g/mol. The Labute approximate surface area is 212 Å². The maximum absolute atomic E-state index is 14.4. The number of halogens is 1. The van der Waals surface area contributed by atoms with E-state index in [-0.39, 0.29) is 44.2 Å². The molecular formula is C25H28FN7O4. The van der Waals surface area contributed by atoms with Crippen LogP contribution in [-0.2, 0) is 40.6 Å². The number of aromatic nitrogens is 3. The van der Waals surface area contributed by atoms with Crippen LogP contribution in [0.25, 0.3) is 0 Å². The van der Waals surface area contributed by atoms with Crippen LogP contribution in [0, 0.1) is 17.2 Å². The first-order valence-corrected chi connectivity index (χ1v) is 12.2. The van der Waals surface area contributed by atoms with E-state index in [4.69, 9.17) is 0 Å². The van der Waals surface area contributed by atoms with Crippen molar-refractivity contribution in [3.8, 4) is 6.07 Å². The van der Waals surface area contributed by atoms with Crippen LogP contribution in [0.3, 0.4) is 0 Å². The highest BCUT2D eigenvalue weighted by Crippen LogP contribution is 2.33. The maximum atomic E-state index is 14.4. The summed E-state index contributed by atoms with van der Waals surface area (Å²) < 4.78 is 16.1. The number of likely N-dealkylation sites (tertiary alicyclic amines) is 1. The molecule has 2 fully saturated rings. The van der Waals surface area contributed by atoms with Crippen LogP contribution in [0.15, 0.2) is 24.4 Å². The first-order valence-electron chi connectivity index (χ1n) is 12.2. The molecule has 4 heterocycles. The van der Waals surface area contributed by atoms with Gasteiger partial charge in [-0.05, 0) is 30.0 Å². The molecule has 0 saturated carbocycles. The van der Waals surface area contributed by atoms with E-state index in [9.17, 15) is 29.1 Å². The van der Waals surface area contributed by atoms with E-state index in [1.807, 2.05) is 24.3 Å². The van der Waals surface area contributed by atoms with Crippen molar-refractivity contribution < 1.29 is 23.9 Å². The molecule has 2 unspecified atom stereocenters. The minimum Gasteiger partial charge on any atom is -0.390 e. The van der Waals surface area contributed by atoms with Crippen molar-refractivity contribution in [3.05, 3.63) is 46.8 Å². The fourth-order valence-electron chi connectivity index (χ4n) is 5.49. The number of carbonyl (C=O) groups is 3. The lowest BCUT2D eigenvalue weighted by Gasteiger charge is -2.23. The smallest absolute Gasteiger partial charge is 0.246 e. The normalized spacial score (nSPS) is 26.8. The van der Waals surface area contributed by atoms with Gasteiger partial charge in [-0.25, -0.2) is 9.07 Å². The molecule has 194 valence electrons. The summed E-state index contributed by atoms with van der Waals surface area (Å²) in [7, 11) is 0. The largest absolute Gasteiger partial charge is 0.390 e. The maximum Gasteiger partial charge on any atom is 0.246 e. The number of aliphatic hydroxyl groups excluding tert-OH is 1. The number of amides is 3. The second kappa shape index (κ2) is 9.55. The molecule has 2 aromatic rings. The Hall–Kier alpha value is -3.85. The Morgan fingerprint density at radius 1 is 1.35 bits per heavy atom. The number of alkyl halides is 1. The SMILES string of the molecule is CC1(F)C[C@@H](C#N)N(C(=O)C2C[C@@H](CC(=O)N3Cc4cccc(Cn5cc(CO)nn5)c4C3)C(=O)N2)C1. The third-order valence-corrected chi connectivity index (χ3v) is 7.37. The van der Waals surface area contributed by atoms with Crippen molar-refractivity contribution in [2.75, 3.05) is 6.54 Å². The quantitative estimate of drug-likeness (QED) is 0.574. The molecule has 0 aliphatic carbocycles. The molecule has 12 heteroatoms. The lowest BCUT2D eigenvalue weighted by Crippen LogP contribution is -2.46. The Morgan fingerprint density at radius 2 is 2.16 bits per heavy atom. The highest BCUT2D eigenvalue weighted by atomic mass is 19.1. The van der Waals surface area contributed by atoms with Gasteiger partial charge in [0.15, 0.2) is 0 Å². The van der Waals surface area contributed by atoms with Crippen LogP contribution in [0.1, 0.15) is 48.6 Å². The molecule has 0 spiro atoms. The lowest BCUT2D eigenvalue weighted by atomic mass is 9.99. The number of fused-ring (bicyclic) bond motifs is 1. The van der Waals surface area contributed by atoms with Gasteiger partial charge < -0.3 is 20.2 Å². The summed E-state index contributed by atoms with van der Waals surface area (Å²) in [6.07, 6.45) is 1.70. The van der Waals surface area contributed by atoms with Gasteiger partial charge in [-0.2, -0.15) is 5.26 Å². The van der Waals surface area contributed by atoms with Gasteiger partial charge in [-0.15, -0.1) is 5.10 Å². The van der Waals surface area contributed by atoms with E-state index in [0.717, 1.165) is 16.7 Å². The monoisotopic (exact) mass is 509 g/mol. The number of carbonyl (C=O) groups excluding carboxylic acids is 3. The summed E-state index contributed by atoms with van der Waals surface area (Å²) in [4.78, 5) is 41.6. The molecule has 1 aromatic heterocycles. The van der Waals surface area contributed by atoms with Crippen LogP contribution >= 0.6 is 0 Å². The molecule has 2 N–H and O–H groups in total. The number of nitrogens with zero attached hydrogens (tertiary/aromatic N) is 6. The molecule has 37 heavy (non-hydrogen) atoms. The second-order valence-electron chi connectivity index (χ2n) is 10.3. The van der Waals surface area contributed by atoms with E-state index in [1.54, 1.807) is 15.8 Å². The van der Waals surface area contributed by atoms with Gasteiger partial charge >= 0.3 is 0 Å². The van der Waals surface area contributed by atoms with Gasteiger partial charge in [0.25, 0.3) is 0 Å². The van der Waals surface area contributed by atoms with Crippen molar-refractivity contribution in [2.45, 2.75) is 70.2 Å². The van der Waals surface area contributed by atoms with E-state index >= 15 is 0 Å².